The maximum atomic E-state index is 12.7. The van der Waals surface area contributed by atoms with E-state index in [0.717, 1.165) is 6.42 Å². The van der Waals surface area contributed by atoms with Gasteiger partial charge in [0.25, 0.3) is 0 Å². The SMILES string of the molecule is CC#CCCNC1CCCCC1C(F)(F)F. The molecule has 1 N–H and O–H groups in total. The summed E-state index contributed by atoms with van der Waals surface area (Å²) in [6, 6.07) is -0.410. The van der Waals surface area contributed by atoms with Crippen LogP contribution in [0.2, 0.25) is 0 Å². The van der Waals surface area contributed by atoms with Crippen molar-refractivity contribution < 1.29 is 13.2 Å². The molecule has 1 aliphatic carbocycles. The van der Waals surface area contributed by atoms with Gasteiger partial charge in [-0.2, -0.15) is 13.2 Å². The first-order chi connectivity index (χ1) is 7.55. The topological polar surface area (TPSA) is 12.0 Å². The first kappa shape index (κ1) is 13.4. The summed E-state index contributed by atoms with van der Waals surface area (Å²) < 4.78 is 38.1. The van der Waals surface area contributed by atoms with Crippen LogP contribution in [0.4, 0.5) is 13.2 Å². The van der Waals surface area contributed by atoms with Crippen molar-refractivity contribution in [3.8, 4) is 11.8 Å². The van der Waals surface area contributed by atoms with E-state index < -0.39 is 18.1 Å². The maximum absolute atomic E-state index is 12.7. The maximum Gasteiger partial charge on any atom is 0.393 e. The van der Waals surface area contributed by atoms with Gasteiger partial charge in [-0.05, 0) is 19.8 Å². The van der Waals surface area contributed by atoms with E-state index in [4.69, 9.17) is 0 Å². The van der Waals surface area contributed by atoms with Crippen molar-refractivity contribution >= 4 is 0 Å². The molecule has 0 heterocycles. The molecule has 1 saturated carbocycles. The molecule has 1 nitrogen and oxygen atoms in total. The number of alkyl halides is 3. The molecule has 0 aromatic heterocycles. The van der Waals surface area contributed by atoms with Crippen molar-refractivity contribution in [1.29, 1.82) is 0 Å². The van der Waals surface area contributed by atoms with Crippen LogP contribution in [-0.2, 0) is 0 Å². The fourth-order valence-electron chi connectivity index (χ4n) is 2.21. The Morgan fingerprint density at radius 1 is 1.25 bits per heavy atom. The van der Waals surface area contributed by atoms with E-state index in [1.807, 2.05) is 0 Å². The molecule has 2 atom stereocenters. The zero-order chi connectivity index (χ0) is 12.0. The molecule has 0 saturated heterocycles. The van der Waals surface area contributed by atoms with Crippen LogP contribution in [0.15, 0.2) is 0 Å². The third kappa shape index (κ3) is 4.05. The fourth-order valence-corrected chi connectivity index (χ4v) is 2.21. The predicted molar refractivity (Wildman–Crippen MR) is 57.9 cm³/mol. The third-order valence-electron chi connectivity index (χ3n) is 3.02. The number of hydrogen-bond acceptors (Lipinski definition) is 1. The molecule has 0 spiro atoms. The second-order valence-electron chi connectivity index (χ2n) is 4.17. The Kier molecular flexibility index (Phi) is 5.14. The molecule has 0 aliphatic heterocycles. The second-order valence-corrected chi connectivity index (χ2v) is 4.17. The highest BCUT2D eigenvalue weighted by Crippen LogP contribution is 2.37. The lowest BCUT2D eigenvalue weighted by Gasteiger charge is -2.33. The van der Waals surface area contributed by atoms with Crippen molar-refractivity contribution in [3.63, 3.8) is 0 Å². The summed E-state index contributed by atoms with van der Waals surface area (Å²) in [7, 11) is 0. The van der Waals surface area contributed by atoms with Crippen LogP contribution in [-0.4, -0.2) is 18.8 Å². The Bertz CT molecular complexity index is 262. The summed E-state index contributed by atoms with van der Waals surface area (Å²) in [6.07, 6.45) is -0.961. The predicted octanol–water partition coefficient (Wildman–Crippen LogP) is 3.11. The van der Waals surface area contributed by atoms with Gasteiger partial charge in [-0.25, -0.2) is 0 Å². The normalized spacial score (nSPS) is 26.0. The van der Waals surface area contributed by atoms with Gasteiger partial charge in [-0.15, -0.1) is 11.8 Å². The molecule has 0 radical (unpaired) electrons. The molecular weight excluding hydrogens is 215 g/mol. The minimum atomic E-state index is -4.06. The standard InChI is InChI=1S/C12H18F3N/c1-2-3-6-9-16-11-8-5-4-7-10(11)12(13,14)15/h10-11,16H,4-9H2,1H3. The minimum Gasteiger partial charge on any atom is -0.312 e. The minimum absolute atomic E-state index is 0.265. The Balaban J connectivity index is 2.43. The van der Waals surface area contributed by atoms with Gasteiger partial charge < -0.3 is 5.32 Å². The zero-order valence-corrected chi connectivity index (χ0v) is 9.53. The van der Waals surface area contributed by atoms with E-state index in [-0.39, 0.29) is 6.42 Å². The highest BCUT2D eigenvalue weighted by atomic mass is 19.4. The van der Waals surface area contributed by atoms with Gasteiger partial charge in [0.05, 0.1) is 5.92 Å². The van der Waals surface area contributed by atoms with Gasteiger partial charge in [0.1, 0.15) is 0 Å². The highest BCUT2D eigenvalue weighted by Gasteiger charge is 2.45. The second kappa shape index (κ2) is 6.15. The fraction of sp³-hybridized carbons (Fsp3) is 0.833. The molecule has 2 unspecified atom stereocenters. The first-order valence-electron chi connectivity index (χ1n) is 5.75. The zero-order valence-electron chi connectivity index (χ0n) is 9.53. The number of hydrogen-bond donors (Lipinski definition) is 1. The molecule has 0 bridgehead atoms. The van der Waals surface area contributed by atoms with Crippen molar-refractivity contribution in [2.45, 2.75) is 51.2 Å². The molecule has 1 fully saturated rings. The van der Waals surface area contributed by atoms with E-state index in [1.165, 1.54) is 0 Å². The van der Waals surface area contributed by atoms with Crippen LogP contribution in [0.25, 0.3) is 0 Å². The van der Waals surface area contributed by atoms with Crippen LogP contribution >= 0.6 is 0 Å². The van der Waals surface area contributed by atoms with Crippen molar-refractivity contribution in [2.24, 2.45) is 5.92 Å². The Morgan fingerprint density at radius 3 is 2.56 bits per heavy atom. The van der Waals surface area contributed by atoms with Gasteiger partial charge in [-0.1, -0.05) is 12.8 Å². The summed E-state index contributed by atoms with van der Waals surface area (Å²) in [5.74, 6) is 4.41. The van der Waals surface area contributed by atoms with Crippen molar-refractivity contribution in [1.82, 2.24) is 5.32 Å². The van der Waals surface area contributed by atoms with Gasteiger partial charge >= 0.3 is 6.18 Å². The van der Waals surface area contributed by atoms with Crippen LogP contribution in [0, 0.1) is 17.8 Å². The molecule has 0 aromatic carbocycles. The van der Waals surface area contributed by atoms with Gasteiger partial charge in [0, 0.05) is 19.0 Å². The van der Waals surface area contributed by atoms with E-state index in [1.54, 1.807) is 6.92 Å². The Morgan fingerprint density at radius 2 is 1.94 bits per heavy atom. The van der Waals surface area contributed by atoms with E-state index >= 15 is 0 Å². The van der Waals surface area contributed by atoms with E-state index in [2.05, 4.69) is 17.2 Å². The average molecular weight is 233 g/mol. The van der Waals surface area contributed by atoms with E-state index in [0.29, 0.717) is 25.8 Å². The summed E-state index contributed by atoms with van der Waals surface area (Å²) in [6.45, 7) is 2.29. The van der Waals surface area contributed by atoms with Crippen molar-refractivity contribution in [3.05, 3.63) is 0 Å². The Labute approximate surface area is 94.8 Å². The average Bonchev–Trinajstić information content (AvgIpc) is 2.24. The summed E-state index contributed by atoms with van der Waals surface area (Å²) in [5.41, 5.74) is 0. The van der Waals surface area contributed by atoms with Crippen LogP contribution in [0.3, 0.4) is 0 Å². The van der Waals surface area contributed by atoms with Crippen LogP contribution in [0.1, 0.15) is 39.0 Å². The van der Waals surface area contributed by atoms with Gasteiger partial charge in [0.2, 0.25) is 0 Å². The Hall–Kier alpha value is -0.690. The first-order valence-corrected chi connectivity index (χ1v) is 5.75. The molecule has 4 heteroatoms. The summed E-state index contributed by atoms with van der Waals surface area (Å²) >= 11 is 0. The molecular formula is C12H18F3N. The molecule has 0 aromatic rings. The van der Waals surface area contributed by atoms with Crippen LogP contribution in [0.5, 0.6) is 0 Å². The summed E-state index contributed by atoms with van der Waals surface area (Å²) in [4.78, 5) is 0. The largest absolute Gasteiger partial charge is 0.393 e. The van der Waals surface area contributed by atoms with Crippen LogP contribution < -0.4 is 5.32 Å². The third-order valence-corrected chi connectivity index (χ3v) is 3.02. The molecule has 1 rings (SSSR count). The number of rotatable bonds is 3. The highest BCUT2D eigenvalue weighted by molar-refractivity contribution is 4.96. The lowest BCUT2D eigenvalue weighted by Crippen LogP contribution is -2.45. The molecule has 16 heavy (non-hydrogen) atoms. The number of nitrogens with one attached hydrogen (secondary N) is 1. The molecule has 1 aliphatic rings. The van der Waals surface area contributed by atoms with Gasteiger partial charge in [-0.3, -0.25) is 0 Å². The molecule has 0 amide bonds. The number of halogens is 3. The summed E-state index contributed by atoms with van der Waals surface area (Å²) in [5, 5.41) is 2.99. The quantitative estimate of drug-likeness (QED) is 0.583. The smallest absolute Gasteiger partial charge is 0.312 e. The lowest BCUT2D eigenvalue weighted by molar-refractivity contribution is -0.188. The van der Waals surface area contributed by atoms with E-state index in [9.17, 15) is 13.2 Å². The monoisotopic (exact) mass is 233 g/mol. The van der Waals surface area contributed by atoms with Gasteiger partial charge in [0.15, 0.2) is 0 Å². The van der Waals surface area contributed by atoms with Crippen molar-refractivity contribution in [2.75, 3.05) is 6.54 Å². The molecule has 92 valence electrons. The lowest BCUT2D eigenvalue weighted by atomic mass is 9.84.